The van der Waals surface area contributed by atoms with E-state index < -0.39 is 0 Å². The van der Waals surface area contributed by atoms with Gasteiger partial charge in [-0.15, -0.1) is 11.3 Å². The first-order valence-corrected chi connectivity index (χ1v) is 5.49. The fourth-order valence-corrected chi connectivity index (χ4v) is 2.22. The van der Waals surface area contributed by atoms with Crippen LogP contribution in [-0.2, 0) is 5.41 Å². The van der Waals surface area contributed by atoms with Crippen molar-refractivity contribution in [3.8, 4) is 6.07 Å². The first-order chi connectivity index (χ1) is 6.45. The van der Waals surface area contributed by atoms with E-state index in [2.05, 4.69) is 32.9 Å². The number of nitrogens with two attached hydrogens (primary N) is 1. The number of nitriles is 1. The Bertz CT molecular complexity index is 341. The summed E-state index contributed by atoms with van der Waals surface area (Å²) in [7, 11) is 0. The highest BCUT2D eigenvalue weighted by molar-refractivity contribution is 7.12. The lowest BCUT2D eigenvalue weighted by molar-refractivity contribution is 0.604. The quantitative estimate of drug-likeness (QED) is 0.812. The van der Waals surface area contributed by atoms with Gasteiger partial charge in [0.05, 0.1) is 18.5 Å². The normalized spacial score (nSPS) is 13.6. The van der Waals surface area contributed by atoms with E-state index in [-0.39, 0.29) is 11.5 Å². The van der Waals surface area contributed by atoms with Crippen LogP contribution in [0.15, 0.2) is 12.1 Å². The summed E-state index contributed by atoms with van der Waals surface area (Å²) in [5.41, 5.74) is 6.03. The molecule has 14 heavy (non-hydrogen) atoms. The molecule has 0 radical (unpaired) electrons. The standard InChI is InChI=1S/C11H16N2S/c1-11(2,3)10-5-4-9(14-10)8(13)6-7-12/h4-5,8H,6,13H2,1-3H3/t8-/m1/s1. The topological polar surface area (TPSA) is 49.8 Å². The van der Waals surface area contributed by atoms with Crippen LogP contribution >= 0.6 is 11.3 Å². The minimum atomic E-state index is -0.124. The fourth-order valence-electron chi connectivity index (χ4n) is 1.15. The van der Waals surface area contributed by atoms with Gasteiger partial charge in [-0.2, -0.15) is 5.26 Å². The number of thiophene rings is 1. The molecule has 0 unspecified atom stereocenters. The van der Waals surface area contributed by atoms with Gasteiger partial charge in [0.15, 0.2) is 0 Å². The molecule has 1 heterocycles. The zero-order valence-corrected chi connectivity index (χ0v) is 9.69. The summed E-state index contributed by atoms with van der Waals surface area (Å²) in [6, 6.07) is 6.11. The molecule has 0 aromatic carbocycles. The number of rotatable bonds is 2. The maximum Gasteiger partial charge on any atom is 0.0642 e. The number of hydrogen-bond donors (Lipinski definition) is 1. The molecule has 1 atom stereocenters. The Morgan fingerprint density at radius 3 is 2.57 bits per heavy atom. The van der Waals surface area contributed by atoms with E-state index in [0.29, 0.717) is 6.42 Å². The smallest absolute Gasteiger partial charge is 0.0642 e. The van der Waals surface area contributed by atoms with Crippen molar-refractivity contribution >= 4 is 11.3 Å². The second kappa shape index (κ2) is 4.12. The van der Waals surface area contributed by atoms with Crippen molar-refractivity contribution in [2.45, 2.75) is 38.6 Å². The van der Waals surface area contributed by atoms with E-state index >= 15 is 0 Å². The lowest BCUT2D eigenvalue weighted by Gasteiger charge is -2.15. The molecule has 0 aliphatic rings. The summed E-state index contributed by atoms with van der Waals surface area (Å²) in [4.78, 5) is 2.43. The second-order valence-electron chi connectivity index (χ2n) is 4.42. The van der Waals surface area contributed by atoms with Crippen LogP contribution in [0.1, 0.15) is 43.0 Å². The first-order valence-electron chi connectivity index (χ1n) is 4.68. The van der Waals surface area contributed by atoms with Crippen molar-refractivity contribution in [1.82, 2.24) is 0 Å². The van der Waals surface area contributed by atoms with Crippen molar-refractivity contribution in [2.75, 3.05) is 0 Å². The van der Waals surface area contributed by atoms with Gasteiger partial charge in [0.1, 0.15) is 0 Å². The van der Waals surface area contributed by atoms with Crippen LogP contribution in [0.5, 0.6) is 0 Å². The maximum absolute atomic E-state index is 8.54. The third-order valence-electron chi connectivity index (χ3n) is 2.04. The first kappa shape index (κ1) is 11.2. The van der Waals surface area contributed by atoms with Crippen LogP contribution in [0.25, 0.3) is 0 Å². The van der Waals surface area contributed by atoms with E-state index in [1.807, 2.05) is 6.07 Å². The van der Waals surface area contributed by atoms with Gasteiger partial charge < -0.3 is 5.73 Å². The minimum Gasteiger partial charge on any atom is -0.322 e. The fraction of sp³-hybridized carbons (Fsp3) is 0.545. The summed E-state index contributed by atoms with van der Waals surface area (Å²) in [5, 5.41) is 8.54. The number of nitrogens with zero attached hydrogens (tertiary/aromatic N) is 1. The molecular weight excluding hydrogens is 192 g/mol. The van der Waals surface area contributed by atoms with Crippen LogP contribution < -0.4 is 5.73 Å². The molecule has 3 heteroatoms. The van der Waals surface area contributed by atoms with E-state index in [1.165, 1.54) is 4.88 Å². The SMILES string of the molecule is CC(C)(C)c1ccc([C@H](N)CC#N)s1. The summed E-state index contributed by atoms with van der Waals surface area (Å²) in [6.45, 7) is 6.54. The molecule has 0 saturated carbocycles. The zero-order valence-electron chi connectivity index (χ0n) is 8.87. The molecule has 76 valence electrons. The molecule has 0 amide bonds. The molecule has 0 spiro atoms. The van der Waals surface area contributed by atoms with Gasteiger partial charge in [0.25, 0.3) is 0 Å². The van der Waals surface area contributed by atoms with E-state index in [4.69, 9.17) is 11.0 Å². The van der Waals surface area contributed by atoms with Crippen LogP contribution in [0, 0.1) is 11.3 Å². The average Bonchev–Trinajstić information content (AvgIpc) is 2.51. The molecule has 0 fully saturated rings. The van der Waals surface area contributed by atoms with E-state index in [9.17, 15) is 0 Å². The highest BCUT2D eigenvalue weighted by atomic mass is 32.1. The molecule has 0 bridgehead atoms. The molecule has 0 aliphatic heterocycles. The van der Waals surface area contributed by atoms with Crippen LogP contribution in [0.4, 0.5) is 0 Å². The molecular formula is C11H16N2S. The lowest BCUT2D eigenvalue weighted by atomic mass is 9.95. The summed E-state index contributed by atoms with van der Waals surface area (Å²) in [6.07, 6.45) is 0.393. The van der Waals surface area contributed by atoms with Gasteiger partial charge in [-0.05, 0) is 17.5 Å². The highest BCUT2D eigenvalue weighted by Crippen LogP contribution is 2.32. The molecule has 1 rings (SSSR count). The van der Waals surface area contributed by atoms with Gasteiger partial charge in [-0.25, -0.2) is 0 Å². The highest BCUT2D eigenvalue weighted by Gasteiger charge is 2.17. The largest absolute Gasteiger partial charge is 0.322 e. The Morgan fingerprint density at radius 2 is 2.14 bits per heavy atom. The van der Waals surface area contributed by atoms with Crippen LogP contribution in [0.2, 0.25) is 0 Å². The van der Waals surface area contributed by atoms with Gasteiger partial charge in [0.2, 0.25) is 0 Å². The average molecular weight is 208 g/mol. The van der Waals surface area contributed by atoms with Crippen molar-refractivity contribution in [3.05, 3.63) is 21.9 Å². The Labute approximate surface area is 89.4 Å². The molecule has 0 aliphatic carbocycles. The maximum atomic E-state index is 8.54. The molecule has 1 aromatic heterocycles. The van der Waals surface area contributed by atoms with Gasteiger partial charge in [-0.3, -0.25) is 0 Å². The Kier molecular flexibility index (Phi) is 3.30. The van der Waals surface area contributed by atoms with Crippen molar-refractivity contribution < 1.29 is 0 Å². The van der Waals surface area contributed by atoms with Crippen molar-refractivity contribution in [2.24, 2.45) is 5.73 Å². The lowest BCUT2D eigenvalue weighted by Crippen LogP contribution is -2.09. The predicted octanol–water partition coefficient (Wildman–Crippen LogP) is 2.96. The van der Waals surface area contributed by atoms with Crippen molar-refractivity contribution in [3.63, 3.8) is 0 Å². The van der Waals surface area contributed by atoms with Gasteiger partial charge >= 0.3 is 0 Å². The minimum absolute atomic E-state index is 0.124. The molecule has 2 N–H and O–H groups in total. The van der Waals surface area contributed by atoms with Gasteiger partial charge in [-0.1, -0.05) is 20.8 Å². The molecule has 2 nitrogen and oxygen atoms in total. The summed E-state index contributed by atoms with van der Waals surface area (Å²) in [5.74, 6) is 0. The molecule has 1 aromatic rings. The van der Waals surface area contributed by atoms with Crippen LogP contribution in [-0.4, -0.2) is 0 Å². The third-order valence-corrected chi connectivity index (χ3v) is 3.69. The Morgan fingerprint density at radius 1 is 1.50 bits per heavy atom. The summed E-state index contributed by atoms with van der Waals surface area (Å²) >= 11 is 1.71. The summed E-state index contributed by atoms with van der Waals surface area (Å²) < 4.78 is 0. The third kappa shape index (κ3) is 2.57. The predicted molar refractivity (Wildman–Crippen MR) is 60.2 cm³/mol. The van der Waals surface area contributed by atoms with Crippen LogP contribution in [0.3, 0.4) is 0 Å². The van der Waals surface area contributed by atoms with Gasteiger partial charge in [0, 0.05) is 9.75 Å². The van der Waals surface area contributed by atoms with Crippen molar-refractivity contribution in [1.29, 1.82) is 5.26 Å². The Hall–Kier alpha value is -0.850. The van der Waals surface area contributed by atoms with E-state index in [1.54, 1.807) is 11.3 Å². The molecule has 0 saturated heterocycles. The monoisotopic (exact) mass is 208 g/mol. The Balaban J connectivity index is 2.84. The van der Waals surface area contributed by atoms with E-state index in [0.717, 1.165) is 4.88 Å². The second-order valence-corrected chi connectivity index (χ2v) is 5.54. The number of hydrogen-bond acceptors (Lipinski definition) is 3. The zero-order chi connectivity index (χ0) is 10.8.